The van der Waals surface area contributed by atoms with Crippen molar-refractivity contribution in [1.82, 2.24) is 15.0 Å². The Morgan fingerprint density at radius 2 is 1.68 bits per heavy atom. The molecule has 0 atom stereocenters. The fourth-order valence-electron chi connectivity index (χ4n) is 2.95. The summed E-state index contributed by atoms with van der Waals surface area (Å²) in [4.78, 5) is 38.6. The lowest BCUT2D eigenvalue weighted by atomic mass is 10.2. The molecule has 4 rings (SSSR count). The van der Waals surface area contributed by atoms with Crippen LogP contribution in [0.25, 0.3) is 31.3 Å². The molecule has 0 spiro atoms. The average molecular weight is 474 g/mol. The van der Waals surface area contributed by atoms with Gasteiger partial charge in [0.05, 0.1) is 40.5 Å². The van der Waals surface area contributed by atoms with Crippen molar-refractivity contribution < 1.29 is 19.1 Å². The largest absolute Gasteiger partial charge is 0.465 e. The topological polar surface area (TPSA) is 91.3 Å². The number of thiophene rings is 1. The van der Waals surface area contributed by atoms with Gasteiger partial charge in [0.2, 0.25) is 0 Å². The highest BCUT2D eigenvalue weighted by atomic mass is 32.2. The number of hydrogen-bond acceptors (Lipinski definition) is 10. The number of para-hydroxylation sites is 1. The number of nitrogens with zero attached hydrogens (tertiary/aromatic N) is 3. The Kier molecular flexibility index (Phi) is 6.89. The fourth-order valence-corrected chi connectivity index (χ4v) is 5.65. The van der Waals surface area contributed by atoms with Crippen LogP contribution in [0.5, 0.6) is 0 Å². The van der Waals surface area contributed by atoms with Crippen molar-refractivity contribution in [3.8, 4) is 0 Å². The number of pyridine rings is 1. The summed E-state index contributed by atoms with van der Waals surface area (Å²) in [6.07, 6.45) is 0. The van der Waals surface area contributed by atoms with E-state index < -0.39 is 0 Å². The lowest BCUT2D eigenvalue weighted by Crippen LogP contribution is -2.08. The molecule has 160 valence electrons. The van der Waals surface area contributed by atoms with Crippen LogP contribution in [0, 0.1) is 0 Å². The molecule has 1 aromatic carbocycles. The van der Waals surface area contributed by atoms with Gasteiger partial charge in [-0.2, -0.15) is 0 Å². The molecule has 3 heterocycles. The highest BCUT2D eigenvalue weighted by Crippen LogP contribution is 2.39. The van der Waals surface area contributed by atoms with Crippen LogP contribution in [0.1, 0.15) is 13.8 Å². The quantitative estimate of drug-likeness (QED) is 0.156. The highest BCUT2D eigenvalue weighted by molar-refractivity contribution is 8.00. The van der Waals surface area contributed by atoms with Gasteiger partial charge in [-0.05, 0) is 26.0 Å². The molecule has 4 aromatic rings. The molecule has 0 N–H and O–H groups in total. The van der Waals surface area contributed by atoms with Crippen molar-refractivity contribution in [3.63, 3.8) is 0 Å². The molecule has 3 aromatic heterocycles. The molecule has 7 nitrogen and oxygen atoms in total. The first-order valence-electron chi connectivity index (χ1n) is 9.66. The van der Waals surface area contributed by atoms with E-state index >= 15 is 0 Å². The van der Waals surface area contributed by atoms with Crippen LogP contribution in [-0.2, 0) is 19.1 Å². The highest BCUT2D eigenvalue weighted by Gasteiger charge is 2.18. The van der Waals surface area contributed by atoms with E-state index in [1.165, 1.54) is 34.9 Å². The van der Waals surface area contributed by atoms with E-state index in [0.29, 0.717) is 23.4 Å². The predicted molar refractivity (Wildman–Crippen MR) is 125 cm³/mol. The van der Waals surface area contributed by atoms with Crippen LogP contribution >= 0.6 is 34.9 Å². The SMILES string of the molecule is CCOC(=O)CSc1nc(SCC(=O)OCC)c2sc3nc4ccccc4cc3c2n1. The van der Waals surface area contributed by atoms with Crippen LogP contribution < -0.4 is 0 Å². The number of esters is 2. The summed E-state index contributed by atoms with van der Waals surface area (Å²) >= 11 is 4.02. The normalized spacial score (nSPS) is 11.3. The van der Waals surface area contributed by atoms with E-state index in [0.717, 1.165) is 31.3 Å². The second-order valence-electron chi connectivity index (χ2n) is 6.31. The molecular formula is C21H19N3O4S3. The molecular weight excluding hydrogens is 454 g/mol. The Hall–Kier alpha value is -2.43. The van der Waals surface area contributed by atoms with Crippen molar-refractivity contribution >= 4 is 78.1 Å². The van der Waals surface area contributed by atoms with Gasteiger partial charge in [-0.3, -0.25) is 9.59 Å². The first-order chi connectivity index (χ1) is 15.1. The number of aromatic nitrogens is 3. The number of carbonyl (C=O) groups is 2. The maximum atomic E-state index is 11.9. The minimum Gasteiger partial charge on any atom is -0.465 e. The maximum absolute atomic E-state index is 11.9. The van der Waals surface area contributed by atoms with Gasteiger partial charge >= 0.3 is 11.9 Å². The number of thioether (sulfide) groups is 2. The summed E-state index contributed by atoms with van der Waals surface area (Å²) in [6, 6.07) is 9.99. The van der Waals surface area contributed by atoms with Gasteiger partial charge in [-0.15, -0.1) is 11.3 Å². The van der Waals surface area contributed by atoms with Crippen LogP contribution in [0.2, 0.25) is 0 Å². The summed E-state index contributed by atoms with van der Waals surface area (Å²) in [5.41, 5.74) is 1.68. The van der Waals surface area contributed by atoms with Crippen LogP contribution in [-0.4, -0.2) is 51.6 Å². The summed E-state index contributed by atoms with van der Waals surface area (Å²) in [5, 5.41) is 3.09. The zero-order valence-corrected chi connectivity index (χ0v) is 19.4. The second-order valence-corrected chi connectivity index (χ2v) is 9.22. The van der Waals surface area contributed by atoms with E-state index in [1.54, 1.807) is 13.8 Å². The molecule has 0 saturated heterocycles. The fraction of sp³-hybridized carbons (Fsp3) is 0.286. The molecule has 10 heteroatoms. The van der Waals surface area contributed by atoms with Gasteiger partial charge < -0.3 is 9.47 Å². The average Bonchev–Trinajstić information content (AvgIpc) is 3.12. The molecule has 0 amide bonds. The molecule has 0 aliphatic carbocycles. The molecule has 0 fully saturated rings. The molecule has 0 aliphatic heterocycles. The smallest absolute Gasteiger partial charge is 0.316 e. The van der Waals surface area contributed by atoms with Gasteiger partial charge in [0, 0.05) is 10.8 Å². The standard InChI is InChI=1S/C21H19N3O4S3/c1-3-27-15(25)10-29-20-18-17(23-21(24-20)30-11-16(26)28-4-2)13-9-12-7-5-6-8-14(12)22-19(13)31-18/h5-9H,3-4,10-11H2,1-2H3. The zero-order chi connectivity index (χ0) is 21.8. The van der Waals surface area contributed by atoms with E-state index in [2.05, 4.69) is 11.1 Å². The van der Waals surface area contributed by atoms with E-state index in [9.17, 15) is 9.59 Å². The lowest BCUT2D eigenvalue weighted by Gasteiger charge is -2.06. The van der Waals surface area contributed by atoms with Crippen LogP contribution in [0.3, 0.4) is 0 Å². The number of hydrogen-bond donors (Lipinski definition) is 0. The van der Waals surface area contributed by atoms with Crippen LogP contribution in [0.4, 0.5) is 0 Å². The Labute approximate surface area is 190 Å². The van der Waals surface area contributed by atoms with E-state index in [4.69, 9.17) is 19.4 Å². The third kappa shape index (κ3) is 4.91. The van der Waals surface area contributed by atoms with Crippen molar-refractivity contribution in [2.45, 2.75) is 24.0 Å². The minimum absolute atomic E-state index is 0.116. The molecule has 0 radical (unpaired) electrons. The summed E-state index contributed by atoms with van der Waals surface area (Å²) < 4.78 is 10.9. The third-order valence-corrected chi connectivity index (χ3v) is 7.21. The number of carbonyl (C=O) groups excluding carboxylic acids is 2. The maximum Gasteiger partial charge on any atom is 0.316 e. The second kappa shape index (κ2) is 9.80. The predicted octanol–water partition coefficient (Wildman–Crippen LogP) is 4.70. The van der Waals surface area contributed by atoms with Gasteiger partial charge in [0.15, 0.2) is 5.16 Å². The van der Waals surface area contributed by atoms with Crippen molar-refractivity contribution in [2.75, 3.05) is 24.7 Å². The van der Waals surface area contributed by atoms with Gasteiger partial charge in [-0.25, -0.2) is 15.0 Å². The summed E-state index contributed by atoms with van der Waals surface area (Å²) in [7, 11) is 0. The molecule has 31 heavy (non-hydrogen) atoms. The van der Waals surface area contributed by atoms with Crippen LogP contribution in [0.15, 0.2) is 40.5 Å². The Bertz CT molecular complexity index is 1280. The number of rotatable bonds is 8. The Balaban J connectivity index is 1.78. The van der Waals surface area contributed by atoms with Crippen molar-refractivity contribution in [2.24, 2.45) is 0 Å². The monoisotopic (exact) mass is 473 g/mol. The molecule has 0 unspecified atom stereocenters. The molecule has 0 aliphatic rings. The Morgan fingerprint density at radius 3 is 2.42 bits per heavy atom. The number of ether oxygens (including phenoxy) is 2. The summed E-state index contributed by atoms with van der Waals surface area (Å²) in [6.45, 7) is 4.20. The van der Waals surface area contributed by atoms with Gasteiger partial charge in [-0.1, -0.05) is 41.7 Å². The number of fused-ring (bicyclic) bond motifs is 4. The minimum atomic E-state index is -0.320. The van der Waals surface area contributed by atoms with Gasteiger partial charge in [0.25, 0.3) is 0 Å². The summed E-state index contributed by atoms with van der Waals surface area (Å²) in [5.74, 6) is -0.361. The van der Waals surface area contributed by atoms with Gasteiger partial charge in [0.1, 0.15) is 9.86 Å². The van der Waals surface area contributed by atoms with Crippen molar-refractivity contribution in [1.29, 1.82) is 0 Å². The first kappa shape index (κ1) is 21.8. The zero-order valence-electron chi connectivity index (χ0n) is 16.9. The van der Waals surface area contributed by atoms with E-state index in [-0.39, 0.29) is 23.4 Å². The lowest BCUT2D eigenvalue weighted by molar-refractivity contribution is -0.140. The van der Waals surface area contributed by atoms with E-state index in [1.807, 2.05) is 24.3 Å². The Morgan fingerprint density at radius 1 is 0.968 bits per heavy atom. The molecule has 0 bridgehead atoms. The van der Waals surface area contributed by atoms with Crippen molar-refractivity contribution in [3.05, 3.63) is 30.3 Å². The molecule has 0 saturated carbocycles. The number of benzene rings is 1. The first-order valence-corrected chi connectivity index (χ1v) is 12.4. The third-order valence-electron chi connectivity index (χ3n) is 4.21.